The summed E-state index contributed by atoms with van der Waals surface area (Å²) in [5.41, 5.74) is 18.1. The molecule has 7 heteroatoms. The van der Waals surface area contributed by atoms with Crippen LogP contribution in [0.1, 0.15) is 16.7 Å². The third-order valence-electron chi connectivity index (χ3n) is 4.14. The lowest BCUT2D eigenvalue weighted by Gasteiger charge is -2.12. The van der Waals surface area contributed by atoms with E-state index in [1.807, 2.05) is 24.3 Å². The molecule has 2 heterocycles. The van der Waals surface area contributed by atoms with Crippen LogP contribution < -0.4 is 26.4 Å². The maximum Gasteiger partial charge on any atom is 0.241 e. The molecule has 0 saturated carbocycles. The number of ether oxygens (including phenoxy) is 2. The van der Waals surface area contributed by atoms with Crippen molar-refractivity contribution in [2.75, 3.05) is 12.5 Å². The number of rotatable bonds is 2. The number of hydrazone groups is 1. The van der Waals surface area contributed by atoms with Gasteiger partial charge in [0.25, 0.3) is 0 Å². The van der Waals surface area contributed by atoms with Crippen LogP contribution in [0.15, 0.2) is 41.5 Å². The Hall–Kier alpha value is -3.22. The monoisotopic (exact) mass is 324 g/mol. The number of amides is 1. The molecule has 2 aromatic carbocycles. The standard InChI is InChI=1S/C17H16N4O3/c18-11-3-1-9(2-4-11)16-12-7-15-14(23-8-24-15)6-10(12)5-13(17(19)22)20-21-16/h1-4,6-7,13,20H,5,8,18H2,(H2,19,22). The molecule has 0 radical (unpaired) electrons. The number of nitrogens with zero attached hydrogens (tertiary/aromatic N) is 1. The predicted molar refractivity (Wildman–Crippen MR) is 88.9 cm³/mol. The Morgan fingerprint density at radius 3 is 2.58 bits per heavy atom. The van der Waals surface area contributed by atoms with Gasteiger partial charge < -0.3 is 20.9 Å². The van der Waals surface area contributed by atoms with Crippen molar-refractivity contribution < 1.29 is 14.3 Å². The van der Waals surface area contributed by atoms with E-state index >= 15 is 0 Å². The molecular weight excluding hydrogens is 308 g/mol. The molecule has 1 atom stereocenters. The summed E-state index contributed by atoms with van der Waals surface area (Å²) in [6.45, 7) is 0.185. The number of nitrogens with one attached hydrogen (secondary N) is 1. The fourth-order valence-electron chi connectivity index (χ4n) is 2.87. The molecule has 1 amide bonds. The molecule has 122 valence electrons. The normalized spacial score (nSPS) is 18.2. The zero-order valence-electron chi connectivity index (χ0n) is 12.8. The Bertz CT molecular complexity index is 846. The molecule has 7 nitrogen and oxygen atoms in total. The van der Waals surface area contributed by atoms with Crippen molar-refractivity contribution >= 4 is 17.3 Å². The maximum absolute atomic E-state index is 11.7. The first-order valence-electron chi connectivity index (χ1n) is 7.53. The predicted octanol–water partition coefficient (Wildman–Crippen LogP) is 0.749. The summed E-state index contributed by atoms with van der Waals surface area (Å²) >= 11 is 0. The summed E-state index contributed by atoms with van der Waals surface area (Å²) in [5, 5.41) is 4.42. The van der Waals surface area contributed by atoms with Gasteiger partial charge in [0.1, 0.15) is 6.04 Å². The molecule has 2 aromatic rings. The van der Waals surface area contributed by atoms with Crippen molar-refractivity contribution in [2.45, 2.75) is 12.5 Å². The van der Waals surface area contributed by atoms with Crippen LogP contribution in [0.5, 0.6) is 11.5 Å². The van der Waals surface area contributed by atoms with Crippen LogP contribution >= 0.6 is 0 Å². The molecule has 1 unspecified atom stereocenters. The summed E-state index contributed by atoms with van der Waals surface area (Å²) in [4.78, 5) is 11.7. The van der Waals surface area contributed by atoms with Crippen LogP contribution in [0.4, 0.5) is 5.69 Å². The summed E-state index contributed by atoms with van der Waals surface area (Å²) < 4.78 is 10.9. The fraction of sp³-hybridized carbons (Fsp3) is 0.176. The number of carbonyl (C=O) groups is 1. The SMILES string of the molecule is NC(=O)C1Cc2cc3c(cc2C(c2ccc(N)cc2)=NN1)OCO3. The van der Waals surface area contributed by atoms with Crippen molar-refractivity contribution in [3.8, 4) is 11.5 Å². The maximum atomic E-state index is 11.7. The van der Waals surface area contributed by atoms with Crippen LogP contribution in [-0.4, -0.2) is 24.5 Å². The van der Waals surface area contributed by atoms with Gasteiger partial charge in [-0.15, -0.1) is 0 Å². The zero-order valence-corrected chi connectivity index (χ0v) is 12.8. The minimum absolute atomic E-state index is 0.185. The first-order chi connectivity index (χ1) is 11.6. The molecular formula is C17H16N4O3. The average molecular weight is 324 g/mol. The van der Waals surface area contributed by atoms with E-state index < -0.39 is 11.9 Å². The molecule has 0 aromatic heterocycles. The molecule has 2 aliphatic rings. The molecule has 0 saturated heterocycles. The van der Waals surface area contributed by atoms with Gasteiger partial charge in [-0.05, 0) is 29.8 Å². The zero-order chi connectivity index (χ0) is 16.7. The molecule has 0 bridgehead atoms. The van der Waals surface area contributed by atoms with Crippen molar-refractivity contribution in [3.63, 3.8) is 0 Å². The largest absolute Gasteiger partial charge is 0.454 e. The lowest BCUT2D eigenvalue weighted by molar-refractivity contribution is -0.119. The van der Waals surface area contributed by atoms with Crippen LogP contribution in [0.2, 0.25) is 0 Å². The third kappa shape index (κ3) is 2.40. The van der Waals surface area contributed by atoms with E-state index in [9.17, 15) is 4.79 Å². The number of nitrogen functional groups attached to an aromatic ring is 1. The van der Waals surface area contributed by atoms with Gasteiger partial charge in [-0.1, -0.05) is 12.1 Å². The number of anilines is 1. The summed E-state index contributed by atoms with van der Waals surface area (Å²) in [7, 11) is 0. The Morgan fingerprint density at radius 1 is 1.17 bits per heavy atom. The average Bonchev–Trinajstić information content (AvgIpc) is 2.93. The second-order valence-corrected chi connectivity index (χ2v) is 5.73. The van der Waals surface area contributed by atoms with E-state index in [0.29, 0.717) is 29.3 Å². The van der Waals surface area contributed by atoms with Gasteiger partial charge in [0.05, 0.1) is 5.71 Å². The number of nitrogens with two attached hydrogens (primary N) is 2. The van der Waals surface area contributed by atoms with Crippen molar-refractivity contribution in [2.24, 2.45) is 10.8 Å². The van der Waals surface area contributed by atoms with Gasteiger partial charge in [-0.25, -0.2) is 0 Å². The van der Waals surface area contributed by atoms with Gasteiger partial charge in [0.15, 0.2) is 11.5 Å². The van der Waals surface area contributed by atoms with E-state index in [4.69, 9.17) is 20.9 Å². The third-order valence-corrected chi connectivity index (χ3v) is 4.14. The van der Waals surface area contributed by atoms with Gasteiger partial charge >= 0.3 is 0 Å². The number of benzene rings is 2. The second-order valence-electron chi connectivity index (χ2n) is 5.73. The minimum atomic E-state index is -0.588. The Morgan fingerprint density at radius 2 is 1.88 bits per heavy atom. The quantitative estimate of drug-likeness (QED) is 0.706. The highest BCUT2D eigenvalue weighted by Gasteiger charge is 2.27. The number of fused-ring (bicyclic) bond motifs is 2. The molecule has 4 rings (SSSR count). The lowest BCUT2D eigenvalue weighted by Crippen LogP contribution is -2.39. The molecule has 5 N–H and O–H groups in total. The van der Waals surface area contributed by atoms with Crippen molar-refractivity contribution in [3.05, 3.63) is 53.1 Å². The van der Waals surface area contributed by atoms with E-state index in [2.05, 4.69) is 10.5 Å². The van der Waals surface area contributed by atoms with Crippen LogP contribution in [-0.2, 0) is 11.2 Å². The first kappa shape index (κ1) is 14.4. The van der Waals surface area contributed by atoms with Gasteiger partial charge in [-0.3, -0.25) is 10.2 Å². The van der Waals surface area contributed by atoms with Crippen LogP contribution in [0.25, 0.3) is 0 Å². The summed E-state index contributed by atoms with van der Waals surface area (Å²) in [5.74, 6) is 0.867. The van der Waals surface area contributed by atoms with E-state index in [1.165, 1.54) is 0 Å². The number of carbonyl (C=O) groups excluding carboxylic acids is 1. The number of hydrogen-bond acceptors (Lipinski definition) is 6. The topological polar surface area (TPSA) is 112 Å². The van der Waals surface area contributed by atoms with E-state index in [0.717, 1.165) is 16.7 Å². The molecule has 0 aliphatic carbocycles. The molecule has 0 spiro atoms. The van der Waals surface area contributed by atoms with E-state index in [1.54, 1.807) is 12.1 Å². The number of hydrogen-bond donors (Lipinski definition) is 3. The highest BCUT2D eigenvalue weighted by Crippen LogP contribution is 2.36. The highest BCUT2D eigenvalue weighted by atomic mass is 16.7. The second kappa shape index (κ2) is 5.45. The van der Waals surface area contributed by atoms with E-state index in [-0.39, 0.29) is 6.79 Å². The van der Waals surface area contributed by atoms with Crippen LogP contribution in [0, 0.1) is 0 Å². The van der Waals surface area contributed by atoms with Crippen LogP contribution in [0.3, 0.4) is 0 Å². The van der Waals surface area contributed by atoms with Gasteiger partial charge in [0.2, 0.25) is 12.7 Å². The molecule has 0 fully saturated rings. The summed E-state index contributed by atoms with van der Waals surface area (Å²) in [6.07, 6.45) is 0.420. The van der Waals surface area contributed by atoms with Gasteiger partial charge in [-0.2, -0.15) is 5.10 Å². The van der Waals surface area contributed by atoms with Crippen molar-refractivity contribution in [1.29, 1.82) is 0 Å². The molecule has 2 aliphatic heterocycles. The smallest absolute Gasteiger partial charge is 0.241 e. The van der Waals surface area contributed by atoms with Crippen molar-refractivity contribution in [1.82, 2.24) is 5.43 Å². The Labute approximate surface area is 138 Å². The highest BCUT2D eigenvalue weighted by molar-refractivity contribution is 6.14. The van der Waals surface area contributed by atoms with Gasteiger partial charge in [0, 0.05) is 23.2 Å². The molecule has 24 heavy (non-hydrogen) atoms. The Kier molecular flexibility index (Phi) is 3.26. The lowest BCUT2D eigenvalue weighted by atomic mass is 9.93. The minimum Gasteiger partial charge on any atom is -0.454 e. The fourth-order valence-corrected chi connectivity index (χ4v) is 2.87. The number of primary amides is 1. The summed E-state index contributed by atoms with van der Waals surface area (Å²) in [6, 6.07) is 10.6. The Balaban J connectivity index is 1.87. The first-order valence-corrected chi connectivity index (χ1v) is 7.53.